The Hall–Kier alpha value is -1.62. The minimum atomic E-state index is -1.97. The first-order chi connectivity index (χ1) is 14.4. The summed E-state index contributed by atoms with van der Waals surface area (Å²) < 4.78 is 12.1. The highest BCUT2D eigenvalue weighted by Crippen LogP contribution is 2.39. The minimum absolute atomic E-state index is 0.00112. The number of nitro benzene ring substituents is 1. The van der Waals surface area contributed by atoms with Crippen molar-refractivity contribution in [3.05, 3.63) is 39.9 Å². The van der Waals surface area contributed by atoms with Gasteiger partial charge >= 0.3 is 6.09 Å². The van der Waals surface area contributed by atoms with E-state index in [1.807, 2.05) is 0 Å². The third kappa shape index (κ3) is 7.20. The molecule has 1 aromatic rings. The van der Waals surface area contributed by atoms with Crippen molar-refractivity contribution in [3.8, 4) is 0 Å². The number of aliphatic hydroxyl groups is 1. The molecule has 8 nitrogen and oxygen atoms in total. The number of hydrogen-bond donors (Lipinski definition) is 1. The molecule has 10 heteroatoms. The maximum atomic E-state index is 12.8. The van der Waals surface area contributed by atoms with Crippen LogP contribution in [0.4, 0.5) is 10.5 Å². The van der Waals surface area contributed by atoms with Gasteiger partial charge in [-0.15, -0.1) is 0 Å². The molecule has 1 aliphatic heterocycles. The maximum absolute atomic E-state index is 12.8. The summed E-state index contributed by atoms with van der Waals surface area (Å²) in [7, 11) is -1.97. The normalized spacial score (nSPS) is 19.5. The van der Waals surface area contributed by atoms with E-state index in [9.17, 15) is 14.9 Å². The molecule has 0 bridgehead atoms. The summed E-state index contributed by atoms with van der Waals surface area (Å²) in [4.78, 5) is 24.9. The fourth-order valence-corrected chi connectivity index (χ4v) is 5.40. The average molecular weight is 471 g/mol. The lowest BCUT2D eigenvalue weighted by atomic mass is 10.2. The molecule has 2 rings (SSSR count). The predicted octanol–water partition coefficient (Wildman–Crippen LogP) is 4.42. The van der Waals surface area contributed by atoms with E-state index in [0.29, 0.717) is 23.6 Å². The van der Waals surface area contributed by atoms with E-state index < -0.39 is 19.3 Å². The zero-order chi connectivity index (χ0) is 23.2. The van der Waals surface area contributed by atoms with Crippen LogP contribution < -0.4 is 0 Å². The molecule has 0 aliphatic carbocycles. The number of nitro groups is 1. The quantitative estimate of drug-likeness (QED) is 0.247. The molecule has 1 aromatic carbocycles. The van der Waals surface area contributed by atoms with Gasteiger partial charge in [-0.05, 0) is 42.2 Å². The second-order valence-corrected chi connectivity index (χ2v) is 15.2. The van der Waals surface area contributed by atoms with Crippen molar-refractivity contribution < 1.29 is 24.0 Å². The Morgan fingerprint density at radius 2 is 1.97 bits per heavy atom. The van der Waals surface area contributed by atoms with E-state index in [1.54, 1.807) is 28.8 Å². The Balaban J connectivity index is 2.01. The monoisotopic (exact) mass is 470 g/mol. The fraction of sp³-hybridized carbons (Fsp3) is 0.667. The molecule has 1 saturated heterocycles. The molecule has 0 aromatic heterocycles. The molecule has 174 valence electrons. The van der Waals surface area contributed by atoms with E-state index in [-0.39, 0.29) is 36.1 Å². The van der Waals surface area contributed by atoms with Crippen molar-refractivity contribution in [2.45, 2.75) is 64.1 Å². The van der Waals surface area contributed by atoms with Crippen LogP contribution in [0.25, 0.3) is 0 Å². The summed E-state index contributed by atoms with van der Waals surface area (Å²) in [5.41, 5.74) is 0.694. The van der Waals surface area contributed by atoms with Gasteiger partial charge in [0.05, 0.1) is 17.6 Å². The van der Waals surface area contributed by atoms with Crippen molar-refractivity contribution >= 4 is 31.9 Å². The molecule has 1 amide bonds. The molecule has 0 radical (unpaired) electrons. The van der Waals surface area contributed by atoms with Gasteiger partial charge in [-0.25, -0.2) is 4.79 Å². The molecule has 31 heavy (non-hydrogen) atoms. The molecule has 2 atom stereocenters. The Bertz CT molecular complexity index is 753. The van der Waals surface area contributed by atoms with Crippen LogP contribution in [0.5, 0.6) is 0 Å². The largest absolute Gasteiger partial charge is 0.445 e. The van der Waals surface area contributed by atoms with Gasteiger partial charge < -0.3 is 19.2 Å². The second kappa shape index (κ2) is 10.8. The van der Waals surface area contributed by atoms with Crippen LogP contribution in [0.1, 0.15) is 32.8 Å². The van der Waals surface area contributed by atoms with Gasteiger partial charge in [-0.1, -0.05) is 20.8 Å². The minimum Gasteiger partial charge on any atom is -0.445 e. The van der Waals surface area contributed by atoms with Crippen molar-refractivity contribution in [2.75, 3.05) is 24.7 Å². The first-order valence-corrected chi connectivity index (χ1v) is 14.5. The number of rotatable bonds is 9. The lowest BCUT2D eigenvalue weighted by Gasteiger charge is -2.38. The maximum Gasteiger partial charge on any atom is 0.410 e. The van der Waals surface area contributed by atoms with E-state index in [1.165, 1.54) is 12.1 Å². The number of likely N-dealkylation sites (tertiary alicyclic amines) is 1. The topological polar surface area (TPSA) is 102 Å². The zero-order valence-electron chi connectivity index (χ0n) is 19.0. The molecule has 0 spiro atoms. The number of non-ortho nitro benzene ring substituents is 1. The van der Waals surface area contributed by atoms with Crippen molar-refractivity contribution in [1.29, 1.82) is 0 Å². The smallest absolute Gasteiger partial charge is 0.410 e. The molecular weight excluding hydrogens is 436 g/mol. The zero-order valence-corrected chi connectivity index (χ0v) is 20.8. The van der Waals surface area contributed by atoms with E-state index in [4.69, 9.17) is 14.3 Å². The Labute approximate surface area is 189 Å². The third-order valence-electron chi connectivity index (χ3n) is 5.93. The molecule has 1 aliphatic rings. The first-order valence-electron chi connectivity index (χ1n) is 10.5. The number of ether oxygens (including phenoxy) is 1. The highest BCUT2D eigenvalue weighted by atomic mass is 32.2. The van der Waals surface area contributed by atoms with Crippen LogP contribution >= 0.6 is 11.8 Å². The Morgan fingerprint density at radius 1 is 1.32 bits per heavy atom. The summed E-state index contributed by atoms with van der Waals surface area (Å²) >= 11 is 1.61. The third-order valence-corrected chi connectivity index (χ3v) is 11.6. The lowest BCUT2D eigenvalue weighted by Crippen LogP contribution is -2.44. The molecule has 0 unspecified atom stereocenters. The van der Waals surface area contributed by atoms with Crippen LogP contribution in [0.15, 0.2) is 24.3 Å². The number of amides is 1. The SMILES string of the molecule is CC(C)(C)[Si](C)(C)O[C@H]1C[C@@H](CSCCO)N(C(=O)OCc2ccc([N+](=O)[O-])cc2)C1. The first kappa shape index (κ1) is 25.6. The van der Waals surface area contributed by atoms with Crippen LogP contribution in [0.3, 0.4) is 0 Å². The van der Waals surface area contributed by atoms with Gasteiger partial charge in [0.2, 0.25) is 0 Å². The molecular formula is C21H34N2O6SSi. The number of thioether (sulfide) groups is 1. The summed E-state index contributed by atoms with van der Waals surface area (Å²) in [5.74, 6) is 1.33. The van der Waals surface area contributed by atoms with Crippen molar-refractivity contribution in [1.82, 2.24) is 4.90 Å². The van der Waals surface area contributed by atoms with E-state index >= 15 is 0 Å². The standard InChI is InChI=1S/C21H34N2O6SSi/c1-21(2,3)31(4,5)29-19-12-18(15-30-11-10-24)22(13-19)20(25)28-14-16-6-8-17(9-7-16)23(26)27/h6-9,18-19,24H,10-15H2,1-5H3/t18-,19-/m0/s1. The van der Waals surface area contributed by atoms with Crippen molar-refractivity contribution in [2.24, 2.45) is 0 Å². The van der Waals surface area contributed by atoms with Gasteiger partial charge in [-0.2, -0.15) is 11.8 Å². The van der Waals surface area contributed by atoms with Crippen LogP contribution in [0, 0.1) is 10.1 Å². The summed E-state index contributed by atoms with van der Waals surface area (Å²) in [6, 6.07) is 5.96. The van der Waals surface area contributed by atoms with Gasteiger partial charge in [0.15, 0.2) is 8.32 Å². The number of nitrogens with zero attached hydrogens (tertiary/aromatic N) is 2. The predicted molar refractivity (Wildman–Crippen MR) is 125 cm³/mol. The molecule has 1 N–H and O–H groups in total. The number of carbonyl (C=O) groups is 1. The van der Waals surface area contributed by atoms with Crippen LogP contribution in [0.2, 0.25) is 18.1 Å². The van der Waals surface area contributed by atoms with Gasteiger partial charge in [0.25, 0.3) is 5.69 Å². The number of carbonyl (C=O) groups excluding carboxylic acids is 1. The summed E-state index contributed by atoms with van der Waals surface area (Å²) in [6.07, 6.45) is 0.305. The Morgan fingerprint density at radius 3 is 2.52 bits per heavy atom. The highest BCUT2D eigenvalue weighted by Gasteiger charge is 2.43. The number of benzene rings is 1. The molecule has 1 heterocycles. The molecule has 0 saturated carbocycles. The van der Waals surface area contributed by atoms with Gasteiger partial charge in [0, 0.05) is 36.2 Å². The van der Waals surface area contributed by atoms with Crippen LogP contribution in [-0.2, 0) is 15.8 Å². The van der Waals surface area contributed by atoms with Crippen LogP contribution in [-0.4, -0.2) is 66.1 Å². The number of aliphatic hydroxyl groups excluding tert-OH is 1. The molecule has 1 fully saturated rings. The van der Waals surface area contributed by atoms with E-state index in [0.717, 1.165) is 6.42 Å². The average Bonchev–Trinajstić information content (AvgIpc) is 3.07. The number of hydrogen-bond acceptors (Lipinski definition) is 7. The summed E-state index contributed by atoms with van der Waals surface area (Å²) in [5, 5.41) is 19.9. The van der Waals surface area contributed by atoms with Gasteiger partial charge in [-0.3, -0.25) is 10.1 Å². The Kier molecular flexibility index (Phi) is 8.93. The van der Waals surface area contributed by atoms with Crippen molar-refractivity contribution in [3.63, 3.8) is 0 Å². The fourth-order valence-electron chi connectivity index (χ4n) is 3.16. The van der Waals surface area contributed by atoms with E-state index in [2.05, 4.69) is 33.9 Å². The lowest BCUT2D eigenvalue weighted by molar-refractivity contribution is -0.384. The van der Waals surface area contributed by atoms with Gasteiger partial charge in [0.1, 0.15) is 6.61 Å². The highest BCUT2D eigenvalue weighted by molar-refractivity contribution is 7.99. The summed E-state index contributed by atoms with van der Waals surface area (Å²) in [6.45, 7) is 11.6. The second-order valence-electron chi connectivity index (χ2n) is 9.32.